The molecule has 0 fully saturated rings. The first-order chi connectivity index (χ1) is 11.8. The molecule has 8 heteroatoms. The number of alkyl halides is 3. The van der Waals surface area contributed by atoms with Gasteiger partial charge in [-0.05, 0) is 30.3 Å². The Labute approximate surface area is 142 Å². The summed E-state index contributed by atoms with van der Waals surface area (Å²) >= 11 is 0. The summed E-state index contributed by atoms with van der Waals surface area (Å²) in [5, 5.41) is 2.42. The molecule has 0 radical (unpaired) electrons. The van der Waals surface area contributed by atoms with Gasteiger partial charge in [-0.25, -0.2) is 0 Å². The zero-order valence-corrected chi connectivity index (χ0v) is 13.7. The lowest BCUT2D eigenvalue weighted by molar-refractivity contribution is -0.137. The minimum absolute atomic E-state index is 0.0218. The fourth-order valence-corrected chi connectivity index (χ4v) is 2.19. The van der Waals surface area contributed by atoms with Crippen LogP contribution in [-0.2, 0) is 6.18 Å². The molecule has 0 saturated heterocycles. The van der Waals surface area contributed by atoms with Gasteiger partial charge in [0.2, 0.25) is 5.75 Å². The first-order valence-electron chi connectivity index (χ1n) is 7.08. The van der Waals surface area contributed by atoms with Gasteiger partial charge in [-0.2, -0.15) is 13.2 Å². The van der Waals surface area contributed by atoms with Crippen LogP contribution in [0.15, 0.2) is 36.4 Å². The van der Waals surface area contributed by atoms with E-state index in [-0.39, 0.29) is 22.7 Å². The van der Waals surface area contributed by atoms with Gasteiger partial charge >= 0.3 is 6.18 Å². The molecule has 0 heterocycles. The quantitative estimate of drug-likeness (QED) is 0.881. The van der Waals surface area contributed by atoms with Gasteiger partial charge in [0.05, 0.1) is 26.9 Å². The number of amides is 1. The zero-order chi connectivity index (χ0) is 18.6. The molecular formula is C17H16F3NO4. The maximum absolute atomic E-state index is 12.7. The first-order valence-corrected chi connectivity index (χ1v) is 7.08. The molecule has 1 amide bonds. The number of rotatable bonds is 5. The number of nitrogens with one attached hydrogen (secondary N) is 1. The third-order valence-electron chi connectivity index (χ3n) is 3.37. The number of carbonyl (C=O) groups excluding carboxylic acids is 1. The molecule has 0 unspecified atom stereocenters. The Morgan fingerprint density at radius 3 is 2.04 bits per heavy atom. The normalized spacial score (nSPS) is 11.0. The van der Waals surface area contributed by atoms with Crippen LogP contribution in [-0.4, -0.2) is 27.2 Å². The fourth-order valence-electron chi connectivity index (χ4n) is 2.19. The Kier molecular flexibility index (Phi) is 5.41. The molecule has 0 aliphatic heterocycles. The summed E-state index contributed by atoms with van der Waals surface area (Å²) < 4.78 is 53.7. The maximum Gasteiger partial charge on any atom is 0.416 e. The van der Waals surface area contributed by atoms with Crippen LogP contribution in [0.25, 0.3) is 0 Å². The van der Waals surface area contributed by atoms with E-state index in [1.165, 1.54) is 45.6 Å². The number of methoxy groups -OCH3 is 3. The van der Waals surface area contributed by atoms with Crippen LogP contribution >= 0.6 is 0 Å². The summed E-state index contributed by atoms with van der Waals surface area (Å²) in [6.45, 7) is 0. The van der Waals surface area contributed by atoms with Gasteiger partial charge in [0, 0.05) is 11.3 Å². The largest absolute Gasteiger partial charge is 0.493 e. The Hall–Kier alpha value is -2.90. The van der Waals surface area contributed by atoms with Gasteiger partial charge in [0.25, 0.3) is 5.91 Å². The van der Waals surface area contributed by atoms with Gasteiger partial charge in [-0.1, -0.05) is 6.07 Å². The van der Waals surface area contributed by atoms with Gasteiger partial charge in [0.15, 0.2) is 11.5 Å². The Bertz CT molecular complexity index is 750. The van der Waals surface area contributed by atoms with Crippen molar-refractivity contribution in [2.75, 3.05) is 26.6 Å². The molecule has 0 atom stereocenters. The predicted octanol–water partition coefficient (Wildman–Crippen LogP) is 3.98. The molecule has 2 rings (SSSR count). The van der Waals surface area contributed by atoms with Crippen LogP contribution in [0.4, 0.5) is 18.9 Å². The average Bonchev–Trinajstić information content (AvgIpc) is 2.59. The van der Waals surface area contributed by atoms with Crippen molar-refractivity contribution in [3.05, 3.63) is 47.5 Å². The van der Waals surface area contributed by atoms with E-state index in [2.05, 4.69) is 5.32 Å². The third-order valence-corrected chi connectivity index (χ3v) is 3.37. The smallest absolute Gasteiger partial charge is 0.416 e. The molecule has 2 aromatic carbocycles. The zero-order valence-electron chi connectivity index (χ0n) is 13.7. The number of hydrogen-bond donors (Lipinski definition) is 1. The summed E-state index contributed by atoms with van der Waals surface area (Å²) in [6.07, 6.45) is -4.49. The van der Waals surface area contributed by atoms with Gasteiger partial charge in [0.1, 0.15) is 0 Å². The second kappa shape index (κ2) is 7.33. The first kappa shape index (κ1) is 18.4. The van der Waals surface area contributed by atoms with Crippen LogP contribution in [0.2, 0.25) is 0 Å². The van der Waals surface area contributed by atoms with Crippen molar-refractivity contribution in [1.29, 1.82) is 0 Å². The number of hydrogen-bond acceptors (Lipinski definition) is 4. The van der Waals surface area contributed by atoms with Gasteiger partial charge in [-0.3, -0.25) is 4.79 Å². The second-order valence-corrected chi connectivity index (χ2v) is 4.95. The van der Waals surface area contributed by atoms with Crippen molar-refractivity contribution in [2.45, 2.75) is 6.18 Å². The van der Waals surface area contributed by atoms with Crippen LogP contribution in [0.5, 0.6) is 17.2 Å². The van der Waals surface area contributed by atoms with Crippen molar-refractivity contribution >= 4 is 11.6 Å². The molecular weight excluding hydrogens is 339 g/mol. The van der Waals surface area contributed by atoms with Crippen molar-refractivity contribution in [3.8, 4) is 17.2 Å². The van der Waals surface area contributed by atoms with Crippen LogP contribution in [0.3, 0.4) is 0 Å². The number of halogens is 3. The minimum Gasteiger partial charge on any atom is -0.493 e. The van der Waals surface area contributed by atoms with Crippen LogP contribution < -0.4 is 19.5 Å². The summed E-state index contributed by atoms with van der Waals surface area (Å²) in [4.78, 5) is 12.4. The van der Waals surface area contributed by atoms with E-state index in [4.69, 9.17) is 14.2 Å². The summed E-state index contributed by atoms with van der Waals surface area (Å²) in [7, 11) is 4.21. The number of ether oxygens (including phenoxy) is 3. The Balaban J connectivity index is 2.33. The summed E-state index contributed by atoms with van der Waals surface area (Å²) in [6, 6.07) is 7.18. The van der Waals surface area contributed by atoms with E-state index in [0.717, 1.165) is 12.1 Å². The Morgan fingerprint density at radius 1 is 0.960 bits per heavy atom. The highest BCUT2D eigenvalue weighted by atomic mass is 19.4. The minimum atomic E-state index is -4.49. The molecule has 0 bridgehead atoms. The maximum atomic E-state index is 12.7. The van der Waals surface area contributed by atoms with E-state index in [0.29, 0.717) is 5.75 Å². The molecule has 0 saturated carbocycles. The van der Waals surface area contributed by atoms with E-state index < -0.39 is 17.6 Å². The molecule has 2 aromatic rings. The van der Waals surface area contributed by atoms with Gasteiger partial charge in [-0.15, -0.1) is 0 Å². The topological polar surface area (TPSA) is 56.8 Å². The molecule has 5 nitrogen and oxygen atoms in total. The number of carbonyl (C=O) groups is 1. The van der Waals surface area contributed by atoms with Crippen molar-refractivity contribution in [2.24, 2.45) is 0 Å². The summed E-state index contributed by atoms with van der Waals surface area (Å²) in [5.74, 6) is 0.214. The van der Waals surface area contributed by atoms with Crippen LogP contribution in [0.1, 0.15) is 15.9 Å². The molecule has 0 aliphatic carbocycles. The molecule has 0 aliphatic rings. The molecule has 25 heavy (non-hydrogen) atoms. The number of benzene rings is 2. The van der Waals surface area contributed by atoms with E-state index in [1.807, 2.05) is 0 Å². The van der Waals surface area contributed by atoms with Crippen molar-refractivity contribution in [1.82, 2.24) is 0 Å². The molecule has 0 aromatic heterocycles. The highest BCUT2D eigenvalue weighted by molar-refractivity contribution is 6.05. The monoisotopic (exact) mass is 355 g/mol. The summed E-state index contributed by atoms with van der Waals surface area (Å²) in [5.41, 5.74) is -0.685. The van der Waals surface area contributed by atoms with Crippen LogP contribution in [0, 0.1) is 0 Å². The van der Waals surface area contributed by atoms with E-state index in [9.17, 15) is 18.0 Å². The lowest BCUT2D eigenvalue weighted by atomic mass is 10.1. The predicted molar refractivity (Wildman–Crippen MR) is 85.5 cm³/mol. The third kappa shape index (κ3) is 4.14. The Morgan fingerprint density at radius 2 is 1.56 bits per heavy atom. The molecule has 134 valence electrons. The SMILES string of the molecule is COc1cc(C(=O)Nc2cccc(C(F)(F)F)c2)cc(OC)c1OC. The lowest BCUT2D eigenvalue weighted by Gasteiger charge is -2.14. The van der Waals surface area contributed by atoms with E-state index >= 15 is 0 Å². The molecule has 0 spiro atoms. The molecule has 1 N–H and O–H groups in total. The van der Waals surface area contributed by atoms with Crippen molar-refractivity contribution < 1.29 is 32.2 Å². The second-order valence-electron chi connectivity index (χ2n) is 4.95. The van der Waals surface area contributed by atoms with E-state index in [1.54, 1.807) is 0 Å². The van der Waals surface area contributed by atoms with Crippen molar-refractivity contribution in [3.63, 3.8) is 0 Å². The highest BCUT2D eigenvalue weighted by Gasteiger charge is 2.30. The standard InChI is InChI=1S/C17H16F3NO4/c1-23-13-7-10(8-14(24-2)15(13)25-3)16(22)21-12-6-4-5-11(9-12)17(18,19)20/h4-9H,1-3H3,(H,21,22). The van der Waals surface area contributed by atoms with Gasteiger partial charge < -0.3 is 19.5 Å². The number of anilines is 1. The average molecular weight is 355 g/mol. The lowest BCUT2D eigenvalue weighted by Crippen LogP contribution is -2.13. The fraction of sp³-hybridized carbons (Fsp3) is 0.235. The highest BCUT2D eigenvalue weighted by Crippen LogP contribution is 2.38.